The fourth-order valence-corrected chi connectivity index (χ4v) is 5.22. The van der Waals surface area contributed by atoms with Crippen LogP contribution in [0.5, 0.6) is 5.75 Å². The minimum atomic E-state index is 0.505. The molecule has 2 aromatic carbocycles. The van der Waals surface area contributed by atoms with Crippen LogP contribution in [0.1, 0.15) is 10.4 Å². The van der Waals surface area contributed by atoms with Crippen LogP contribution >= 0.6 is 34.7 Å². The van der Waals surface area contributed by atoms with E-state index in [2.05, 4.69) is 24.0 Å². The molecule has 0 radical (unpaired) electrons. The second-order valence-corrected chi connectivity index (χ2v) is 8.52. The predicted octanol–water partition coefficient (Wildman–Crippen LogP) is 6.62. The normalized spacial score (nSPS) is 11.1. The quantitative estimate of drug-likeness (QED) is 0.209. The molecule has 3 nitrogen and oxygen atoms in total. The van der Waals surface area contributed by atoms with E-state index in [0.717, 1.165) is 32.8 Å². The summed E-state index contributed by atoms with van der Waals surface area (Å²) in [7, 11) is 1.67. The summed E-state index contributed by atoms with van der Waals surface area (Å²) < 4.78 is 5.26. The van der Waals surface area contributed by atoms with Crippen molar-refractivity contribution in [1.29, 1.82) is 0 Å². The van der Waals surface area contributed by atoms with Crippen molar-refractivity contribution in [3.63, 3.8) is 0 Å². The Morgan fingerprint density at radius 2 is 1.78 bits per heavy atom. The Hall–Kier alpha value is -2.08. The second kappa shape index (κ2) is 7.89. The average molecular weight is 413 g/mol. The molecule has 2 heterocycles. The lowest BCUT2D eigenvalue weighted by atomic mass is 10.0. The van der Waals surface area contributed by atoms with Gasteiger partial charge in [-0.25, -0.2) is 9.97 Å². The molecule has 4 aromatic rings. The van der Waals surface area contributed by atoms with Gasteiger partial charge < -0.3 is 4.74 Å². The number of methoxy groups -OCH3 is 1. The number of aromatic nitrogens is 2. The molecule has 136 valence electrons. The predicted molar refractivity (Wildman–Crippen MR) is 115 cm³/mol. The molecule has 0 fully saturated rings. The van der Waals surface area contributed by atoms with E-state index < -0.39 is 0 Å². The molecule has 0 aliphatic carbocycles. The Bertz CT molecular complexity index is 1080. The standard InChI is InChI=1S/C21H17ClN2OS2/c1-13-17(15-8-10-16(25-2)11-9-15)18-19(22)23-21(24-20(18)27-13)26-12-14-6-4-3-5-7-14/h3-11H,12H2,1-2H3. The van der Waals surface area contributed by atoms with Crippen LogP contribution in [-0.2, 0) is 5.75 Å². The van der Waals surface area contributed by atoms with Gasteiger partial charge in [0.1, 0.15) is 15.7 Å². The van der Waals surface area contributed by atoms with E-state index in [9.17, 15) is 0 Å². The van der Waals surface area contributed by atoms with Crippen LogP contribution in [0.25, 0.3) is 21.3 Å². The van der Waals surface area contributed by atoms with Crippen LogP contribution in [0.15, 0.2) is 59.8 Å². The van der Waals surface area contributed by atoms with Crippen molar-refractivity contribution >= 4 is 44.9 Å². The monoisotopic (exact) mass is 412 g/mol. The maximum Gasteiger partial charge on any atom is 0.190 e. The number of ether oxygens (including phenoxy) is 1. The molecule has 2 aromatic heterocycles. The van der Waals surface area contributed by atoms with Gasteiger partial charge in [0.2, 0.25) is 0 Å². The number of thiophene rings is 1. The number of nitrogens with zero attached hydrogens (tertiary/aromatic N) is 2. The van der Waals surface area contributed by atoms with Crippen LogP contribution in [0.2, 0.25) is 5.15 Å². The molecule has 0 unspecified atom stereocenters. The Kier molecular flexibility index (Phi) is 5.34. The fourth-order valence-electron chi connectivity index (χ4n) is 2.94. The number of rotatable bonds is 5. The zero-order valence-electron chi connectivity index (χ0n) is 14.9. The zero-order valence-corrected chi connectivity index (χ0v) is 17.3. The van der Waals surface area contributed by atoms with Gasteiger partial charge in [0.05, 0.1) is 12.5 Å². The third-order valence-corrected chi connectivity index (χ3v) is 6.44. The van der Waals surface area contributed by atoms with Crippen LogP contribution in [0, 0.1) is 6.92 Å². The first kappa shape index (κ1) is 18.3. The van der Waals surface area contributed by atoms with Gasteiger partial charge in [-0.3, -0.25) is 0 Å². The number of thioether (sulfide) groups is 1. The minimum absolute atomic E-state index is 0.505. The molecule has 6 heteroatoms. The molecule has 0 atom stereocenters. The number of hydrogen-bond acceptors (Lipinski definition) is 5. The third kappa shape index (κ3) is 3.81. The van der Waals surface area contributed by atoms with Crippen molar-refractivity contribution in [2.24, 2.45) is 0 Å². The van der Waals surface area contributed by atoms with Crippen molar-refractivity contribution in [2.75, 3.05) is 7.11 Å². The molecular weight excluding hydrogens is 396 g/mol. The third-order valence-electron chi connectivity index (χ3n) is 4.25. The number of aryl methyl sites for hydroxylation is 1. The van der Waals surface area contributed by atoms with Gasteiger partial charge in [0, 0.05) is 16.2 Å². The maximum atomic E-state index is 6.59. The van der Waals surface area contributed by atoms with Gasteiger partial charge in [-0.1, -0.05) is 65.8 Å². The topological polar surface area (TPSA) is 35.0 Å². The van der Waals surface area contributed by atoms with Gasteiger partial charge in [-0.05, 0) is 30.2 Å². The van der Waals surface area contributed by atoms with Gasteiger partial charge in [0.15, 0.2) is 5.16 Å². The summed E-state index contributed by atoms with van der Waals surface area (Å²) >= 11 is 9.84. The van der Waals surface area contributed by atoms with Crippen molar-refractivity contribution < 1.29 is 4.74 Å². The number of fused-ring (bicyclic) bond motifs is 1. The van der Waals surface area contributed by atoms with Crippen LogP contribution in [0.3, 0.4) is 0 Å². The summed E-state index contributed by atoms with van der Waals surface area (Å²) in [4.78, 5) is 11.4. The Morgan fingerprint density at radius 1 is 1.04 bits per heavy atom. The molecule has 0 N–H and O–H groups in total. The van der Waals surface area contributed by atoms with Crippen molar-refractivity contribution in [2.45, 2.75) is 17.8 Å². The summed E-state index contributed by atoms with van der Waals surface area (Å²) in [5, 5.41) is 2.14. The summed E-state index contributed by atoms with van der Waals surface area (Å²) in [5.41, 5.74) is 3.43. The Labute approximate surface area is 171 Å². The van der Waals surface area contributed by atoms with E-state index in [4.69, 9.17) is 21.3 Å². The lowest BCUT2D eigenvalue weighted by Crippen LogP contribution is -1.90. The number of benzene rings is 2. The van der Waals surface area contributed by atoms with Gasteiger partial charge in [-0.15, -0.1) is 11.3 Å². The van der Waals surface area contributed by atoms with E-state index >= 15 is 0 Å². The average Bonchev–Trinajstić information content (AvgIpc) is 3.03. The summed E-state index contributed by atoms with van der Waals surface area (Å²) in [5.74, 6) is 1.65. The van der Waals surface area contributed by atoms with Gasteiger partial charge in [-0.2, -0.15) is 0 Å². The first-order valence-corrected chi connectivity index (χ1v) is 10.6. The number of halogens is 1. The van der Waals surface area contributed by atoms with E-state index in [-0.39, 0.29) is 0 Å². The molecule has 27 heavy (non-hydrogen) atoms. The van der Waals surface area contributed by atoms with Crippen LogP contribution in [0.4, 0.5) is 0 Å². The molecule has 0 bridgehead atoms. The SMILES string of the molecule is COc1ccc(-c2c(C)sc3nc(SCc4ccccc4)nc(Cl)c23)cc1. The van der Waals surface area contributed by atoms with E-state index in [1.165, 1.54) is 10.4 Å². The van der Waals surface area contributed by atoms with E-state index in [1.807, 2.05) is 42.5 Å². The highest BCUT2D eigenvalue weighted by molar-refractivity contribution is 7.98. The van der Waals surface area contributed by atoms with Crippen LogP contribution < -0.4 is 4.74 Å². The smallest absolute Gasteiger partial charge is 0.190 e. The lowest BCUT2D eigenvalue weighted by molar-refractivity contribution is 0.415. The first-order chi connectivity index (χ1) is 13.2. The van der Waals surface area contributed by atoms with Gasteiger partial charge >= 0.3 is 0 Å². The highest BCUT2D eigenvalue weighted by atomic mass is 35.5. The lowest BCUT2D eigenvalue weighted by Gasteiger charge is -2.06. The molecule has 0 aliphatic rings. The Balaban J connectivity index is 1.69. The van der Waals surface area contributed by atoms with Crippen molar-refractivity contribution in [1.82, 2.24) is 9.97 Å². The highest BCUT2D eigenvalue weighted by Crippen LogP contribution is 2.41. The molecule has 0 spiro atoms. The largest absolute Gasteiger partial charge is 0.497 e. The molecule has 0 aliphatic heterocycles. The first-order valence-electron chi connectivity index (χ1n) is 8.43. The fraction of sp³-hybridized carbons (Fsp3) is 0.143. The van der Waals surface area contributed by atoms with Crippen molar-refractivity contribution in [3.8, 4) is 16.9 Å². The maximum absolute atomic E-state index is 6.59. The number of hydrogen-bond donors (Lipinski definition) is 0. The summed E-state index contributed by atoms with van der Waals surface area (Å²) in [6, 6.07) is 18.3. The molecule has 0 amide bonds. The second-order valence-electron chi connectivity index (χ2n) is 6.01. The molecule has 4 rings (SSSR count). The van der Waals surface area contributed by atoms with Crippen molar-refractivity contribution in [3.05, 3.63) is 70.2 Å². The van der Waals surface area contributed by atoms with Gasteiger partial charge in [0.25, 0.3) is 0 Å². The minimum Gasteiger partial charge on any atom is -0.497 e. The zero-order chi connectivity index (χ0) is 18.8. The molecule has 0 saturated heterocycles. The molecular formula is C21H17ClN2OS2. The van der Waals surface area contributed by atoms with E-state index in [1.54, 1.807) is 30.2 Å². The molecule has 0 saturated carbocycles. The highest BCUT2D eigenvalue weighted by Gasteiger charge is 2.18. The van der Waals surface area contributed by atoms with Crippen LogP contribution in [-0.4, -0.2) is 17.1 Å². The Morgan fingerprint density at radius 3 is 2.48 bits per heavy atom. The summed E-state index contributed by atoms with van der Waals surface area (Å²) in [6.45, 7) is 2.10. The summed E-state index contributed by atoms with van der Waals surface area (Å²) in [6.07, 6.45) is 0. The van der Waals surface area contributed by atoms with E-state index in [0.29, 0.717) is 10.3 Å².